The summed E-state index contributed by atoms with van der Waals surface area (Å²) in [7, 11) is 3.03. The summed E-state index contributed by atoms with van der Waals surface area (Å²) in [5.41, 5.74) is 0.486. The molecule has 3 aromatic rings. The lowest BCUT2D eigenvalue weighted by molar-refractivity contribution is 0.0937. The number of nitrogens with zero attached hydrogens (tertiary/aromatic N) is 3. The number of hydrogen-bond donors (Lipinski definition) is 1. The molecular formula is C19H18N4O4. The molecule has 138 valence electrons. The number of nitrogens with one attached hydrogen (secondary N) is 1. The molecule has 1 unspecified atom stereocenters. The van der Waals surface area contributed by atoms with Crippen molar-refractivity contribution in [2.75, 3.05) is 14.2 Å². The average molecular weight is 366 g/mol. The van der Waals surface area contributed by atoms with E-state index in [-0.39, 0.29) is 17.3 Å². The largest absolute Gasteiger partial charge is 0.493 e. The zero-order valence-corrected chi connectivity index (χ0v) is 15.1. The Bertz CT molecular complexity index is 1120. The van der Waals surface area contributed by atoms with Crippen LogP contribution in [0.25, 0.3) is 16.7 Å². The first-order chi connectivity index (χ1) is 13.1. The van der Waals surface area contributed by atoms with Gasteiger partial charge in [0.2, 0.25) is 0 Å². The van der Waals surface area contributed by atoms with Crippen molar-refractivity contribution in [2.45, 2.75) is 19.4 Å². The number of amides is 1. The van der Waals surface area contributed by atoms with Crippen LogP contribution in [0.15, 0.2) is 35.3 Å². The van der Waals surface area contributed by atoms with Crippen molar-refractivity contribution >= 4 is 16.8 Å². The third-order valence-electron chi connectivity index (χ3n) is 4.67. The van der Waals surface area contributed by atoms with Gasteiger partial charge in [0.15, 0.2) is 17.3 Å². The van der Waals surface area contributed by atoms with E-state index < -0.39 is 6.04 Å². The molecule has 0 aliphatic carbocycles. The summed E-state index contributed by atoms with van der Waals surface area (Å²) >= 11 is 0. The van der Waals surface area contributed by atoms with Crippen LogP contribution < -0.4 is 20.3 Å². The first kappa shape index (κ1) is 17.0. The predicted octanol–water partition coefficient (Wildman–Crippen LogP) is 1.99. The summed E-state index contributed by atoms with van der Waals surface area (Å²) in [6.07, 6.45) is 2.12. The minimum absolute atomic E-state index is 0.273. The van der Waals surface area contributed by atoms with Crippen LogP contribution in [0.3, 0.4) is 0 Å². The molecule has 1 aliphatic rings. The molecule has 0 spiro atoms. The number of carbonyl (C=O) groups is 1. The fourth-order valence-corrected chi connectivity index (χ4v) is 3.31. The van der Waals surface area contributed by atoms with E-state index in [1.807, 2.05) is 6.92 Å². The zero-order valence-electron chi connectivity index (χ0n) is 15.1. The molecule has 0 radical (unpaired) electrons. The van der Waals surface area contributed by atoms with E-state index in [4.69, 9.17) is 9.47 Å². The highest BCUT2D eigenvalue weighted by Gasteiger charge is 2.29. The lowest BCUT2D eigenvalue weighted by atomic mass is 10.1. The molecular weight excluding hydrogens is 348 g/mol. The highest BCUT2D eigenvalue weighted by atomic mass is 16.5. The van der Waals surface area contributed by atoms with Crippen molar-refractivity contribution in [3.8, 4) is 17.3 Å². The zero-order chi connectivity index (χ0) is 19.1. The first-order valence-electron chi connectivity index (χ1n) is 8.54. The summed E-state index contributed by atoms with van der Waals surface area (Å²) in [5.74, 6) is 1.34. The lowest BCUT2D eigenvalue weighted by Crippen LogP contribution is -2.30. The van der Waals surface area contributed by atoms with Crippen molar-refractivity contribution < 1.29 is 14.3 Å². The third kappa shape index (κ3) is 2.52. The molecule has 1 N–H and O–H groups in total. The van der Waals surface area contributed by atoms with E-state index >= 15 is 0 Å². The van der Waals surface area contributed by atoms with E-state index in [9.17, 15) is 9.59 Å². The molecule has 1 aliphatic heterocycles. The molecule has 8 heteroatoms. The quantitative estimate of drug-likeness (QED) is 0.762. The molecule has 3 heterocycles. The van der Waals surface area contributed by atoms with Gasteiger partial charge in [0.05, 0.1) is 36.7 Å². The van der Waals surface area contributed by atoms with Crippen LogP contribution in [0.4, 0.5) is 0 Å². The maximum absolute atomic E-state index is 13.4. The number of ether oxygens (including phenoxy) is 2. The van der Waals surface area contributed by atoms with Gasteiger partial charge in [-0.05, 0) is 24.6 Å². The van der Waals surface area contributed by atoms with E-state index in [2.05, 4.69) is 15.3 Å². The monoisotopic (exact) mass is 366 g/mol. The Morgan fingerprint density at radius 3 is 2.63 bits per heavy atom. The average Bonchev–Trinajstić information content (AvgIpc) is 2.82. The normalized spacial score (nSPS) is 15.5. The smallest absolute Gasteiger partial charge is 0.267 e. The minimum Gasteiger partial charge on any atom is -0.493 e. The predicted molar refractivity (Wildman–Crippen MR) is 98.7 cm³/mol. The summed E-state index contributed by atoms with van der Waals surface area (Å²) < 4.78 is 12.0. The second kappa shape index (κ2) is 6.39. The summed E-state index contributed by atoms with van der Waals surface area (Å²) in [4.78, 5) is 35.0. The second-order valence-corrected chi connectivity index (χ2v) is 6.14. The number of pyridine rings is 1. The van der Waals surface area contributed by atoms with Gasteiger partial charge in [-0.1, -0.05) is 6.92 Å². The third-order valence-corrected chi connectivity index (χ3v) is 4.67. The molecule has 0 bridgehead atoms. The van der Waals surface area contributed by atoms with Crippen molar-refractivity contribution in [3.63, 3.8) is 0 Å². The number of methoxy groups -OCH3 is 2. The van der Waals surface area contributed by atoms with Crippen LogP contribution in [0.5, 0.6) is 11.5 Å². The SMILES string of the molecule is CCC1NC(=O)c2cccnc2-n2c1nc1cc(OC)c(OC)cc1c2=O. The van der Waals surface area contributed by atoms with Gasteiger partial charge in [0, 0.05) is 12.3 Å². The Balaban J connectivity index is 2.14. The van der Waals surface area contributed by atoms with E-state index in [1.54, 1.807) is 30.5 Å². The maximum atomic E-state index is 13.4. The van der Waals surface area contributed by atoms with Crippen LogP contribution in [0, 0.1) is 0 Å². The number of hydrogen-bond acceptors (Lipinski definition) is 6. The first-order valence-corrected chi connectivity index (χ1v) is 8.54. The Labute approximate surface area is 154 Å². The molecule has 1 aromatic carbocycles. The van der Waals surface area contributed by atoms with Gasteiger partial charge in [0.25, 0.3) is 11.5 Å². The van der Waals surface area contributed by atoms with Crippen LogP contribution in [-0.4, -0.2) is 34.7 Å². The fraction of sp³-hybridized carbons (Fsp3) is 0.263. The molecule has 27 heavy (non-hydrogen) atoms. The highest BCUT2D eigenvalue weighted by Crippen LogP contribution is 2.32. The topological polar surface area (TPSA) is 95.3 Å². The number of fused-ring (bicyclic) bond motifs is 4. The van der Waals surface area contributed by atoms with Gasteiger partial charge >= 0.3 is 0 Å². The molecule has 0 saturated heterocycles. The van der Waals surface area contributed by atoms with Gasteiger partial charge in [-0.2, -0.15) is 0 Å². The number of benzene rings is 1. The van der Waals surface area contributed by atoms with E-state index in [0.29, 0.717) is 40.2 Å². The van der Waals surface area contributed by atoms with Crippen molar-refractivity contribution in [3.05, 3.63) is 52.2 Å². The Hall–Kier alpha value is -3.42. The van der Waals surface area contributed by atoms with Gasteiger partial charge in [0.1, 0.15) is 5.82 Å². The number of carbonyl (C=O) groups excluding carboxylic acids is 1. The van der Waals surface area contributed by atoms with Crippen LogP contribution in [-0.2, 0) is 0 Å². The molecule has 4 rings (SSSR count). The summed E-state index contributed by atoms with van der Waals surface area (Å²) in [6, 6.07) is 6.15. The van der Waals surface area contributed by atoms with Gasteiger partial charge in [-0.25, -0.2) is 14.5 Å². The molecule has 2 aromatic heterocycles. The van der Waals surface area contributed by atoms with Gasteiger partial charge in [-0.15, -0.1) is 0 Å². The summed E-state index contributed by atoms with van der Waals surface area (Å²) in [6.45, 7) is 1.92. The van der Waals surface area contributed by atoms with E-state index in [1.165, 1.54) is 18.8 Å². The molecule has 1 atom stereocenters. The molecule has 0 fully saturated rings. The fourth-order valence-electron chi connectivity index (χ4n) is 3.31. The molecule has 8 nitrogen and oxygen atoms in total. The maximum Gasteiger partial charge on any atom is 0.267 e. The van der Waals surface area contributed by atoms with Crippen molar-refractivity contribution in [2.24, 2.45) is 0 Å². The van der Waals surface area contributed by atoms with Crippen LogP contribution >= 0.6 is 0 Å². The minimum atomic E-state index is -0.420. The van der Waals surface area contributed by atoms with E-state index in [0.717, 1.165) is 0 Å². The summed E-state index contributed by atoms with van der Waals surface area (Å²) in [5, 5.41) is 3.29. The highest BCUT2D eigenvalue weighted by molar-refractivity contribution is 5.98. The standard InChI is InChI=1S/C19H18N4O4/c1-4-12-17-21-13-9-15(27-3)14(26-2)8-11(13)19(25)23(17)16-10(18(24)22-12)6-5-7-20-16/h5-9,12H,4H2,1-3H3,(H,22,24). The van der Waals surface area contributed by atoms with Gasteiger partial charge in [-0.3, -0.25) is 9.59 Å². The number of rotatable bonds is 3. The van der Waals surface area contributed by atoms with Crippen LogP contribution in [0.2, 0.25) is 0 Å². The van der Waals surface area contributed by atoms with Crippen molar-refractivity contribution in [1.29, 1.82) is 0 Å². The lowest BCUT2D eigenvalue weighted by Gasteiger charge is -2.18. The number of aromatic nitrogens is 3. The second-order valence-electron chi connectivity index (χ2n) is 6.14. The van der Waals surface area contributed by atoms with Gasteiger partial charge < -0.3 is 14.8 Å². The molecule has 0 saturated carbocycles. The van der Waals surface area contributed by atoms with Crippen LogP contribution in [0.1, 0.15) is 35.6 Å². The molecule has 1 amide bonds. The Morgan fingerprint density at radius 1 is 1.19 bits per heavy atom. The Morgan fingerprint density at radius 2 is 1.93 bits per heavy atom. The van der Waals surface area contributed by atoms with Crippen molar-refractivity contribution in [1.82, 2.24) is 19.9 Å². The Kier molecular flexibility index (Phi) is 4.02.